The Balaban J connectivity index is 2.19. The molecule has 0 spiro atoms. The highest BCUT2D eigenvalue weighted by Gasteiger charge is 2.18. The van der Waals surface area contributed by atoms with Gasteiger partial charge in [0.1, 0.15) is 5.82 Å². The molecule has 94 valence electrons. The molecule has 0 amide bonds. The summed E-state index contributed by atoms with van der Waals surface area (Å²) in [6.45, 7) is 2.08. The average molecular weight is 262 g/mol. The minimum atomic E-state index is 0.464. The van der Waals surface area contributed by atoms with Crippen LogP contribution in [0, 0.1) is 0 Å². The summed E-state index contributed by atoms with van der Waals surface area (Å²) in [5.41, 5.74) is 4.03. The van der Waals surface area contributed by atoms with E-state index in [9.17, 15) is 0 Å². The summed E-state index contributed by atoms with van der Waals surface area (Å²) >= 11 is 6.19. The lowest BCUT2D eigenvalue weighted by atomic mass is 9.90. The van der Waals surface area contributed by atoms with Crippen molar-refractivity contribution in [2.45, 2.75) is 39.0 Å². The van der Waals surface area contributed by atoms with Gasteiger partial charge in [-0.1, -0.05) is 19.1 Å². The molecule has 0 aliphatic heterocycles. The Labute approximate surface area is 112 Å². The van der Waals surface area contributed by atoms with E-state index in [4.69, 9.17) is 11.6 Å². The molecule has 0 unspecified atom stereocenters. The number of aromatic nitrogens is 3. The van der Waals surface area contributed by atoms with Crippen LogP contribution < -0.4 is 0 Å². The van der Waals surface area contributed by atoms with Gasteiger partial charge in [-0.3, -0.25) is 4.57 Å². The van der Waals surface area contributed by atoms with E-state index in [0.717, 1.165) is 18.7 Å². The van der Waals surface area contributed by atoms with E-state index in [2.05, 4.69) is 35.3 Å². The highest BCUT2D eigenvalue weighted by molar-refractivity contribution is 6.28. The number of halogens is 1. The highest BCUT2D eigenvalue weighted by Crippen LogP contribution is 2.29. The molecule has 0 bridgehead atoms. The molecule has 1 aromatic heterocycles. The molecule has 0 radical (unpaired) electrons. The van der Waals surface area contributed by atoms with Crippen molar-refractivity contribution in [3.8, 4) is 5.69 Å². The Kier molecular flexibility index (Phi) is 3.08. The molecule has 0 saturated carbocycles. The van der Waals surface area contributed by atoms with Crippen LogP contribution >= 0.6 is 11.6 Å². The van der Waals surface area contributed by atoms with E-state index < -0.39 is 0 Å². The maximum Gasteiger partial charge on any atom is 0.229 e. The summed E-state index contributed by atoms with van der Waals surface area (Å²) in [7, 11) is 0. The third kappa shape index (κ3) is 1.83. The first kappa shape index (κ1) is 11.7. The minimum absolute atomic E-state index is 0.464. The Morgan fingerprint density at radius 3 is 2.89 bits per heavy atom. The second kappa shape index (κ2) is 4.73. The summed E-state index contributed by atoms with van der Waals surface area (Å²) in [4.78, 5) is 0. The second-order valence-electron chi connectivity index (χ2n) is 4.70. The van der Waals surface area contributed by atoms with E-state index in [1.807, 2.05) is 4.57 Å². The van der Waals surface area contributed by atoms with E-state index in [1.165, 1.54) is 36.1 Å². The summed E-state index contributed by atoms with van der Waals surface area (Å²) in [6.07, 6.45) is 5.68. The topological polar surface area (TPSA) is 30.7 Å². The number of fused-ring (bicyclic) bond motifs is 1. The van der Waals surface area contributed by atoms with Crippen molar-refractivity contribution in [3.63, 3.8) is 0 Å². The number of hydrogen-bond acceptors (Lipinski definition) is 2. The zero-order valence-electron chi connectivity index (χ0n) is 10.5. The highest BCUT2D eigenvalue weighted by atomic mass is 35.5. The molecular formula is C14H16ClN3. The van der Waals surface area contributed by atoms with E-state index in [1.54, 1.807) is 0 Å². The minimum Gasteiger partial charge on any atom is -0.269 e. The van der Waals surface area contributed by atoms with Crippen molar-refractivity contribution in [2.24, 2.45) is 0 Å². The molecule has 3 nitrogen and oxygen atoms in total. The van der Waals surface area contributed by atoms with Gasteiger partial charge in [-0.05, 0) is 54.5 Å². The number of rotatable bonds is 2. The van der Waals surface area contributed by atoms with Crippen molar-refractivity contribution in [1.29, 1.82) is 0 Å². The van der Waals surface area contributed by atoms with Crippen LogP contribution in [0.5, 0.6) is 0 Å². The third-order valence-corrected chi connectivity index (χ3v) is 3.86. The summed E-state index contributed by atoms with van der Waals surface area (Å²) in [5.74, 6) is 0.930. The van der Waals surface area contributed by atoms with Crippen molar-refractivity contribution >= 4 is 11.6 Å². The van der Waals surface area contributed by atoms with Crippen molar-refractivity contribution in [3.05, 3.63) is 40.4 Å². The second-order valence-corrected chi connectivity index (χ2v) is 5.03. The molecule has 1 aromatic carbocycles. The average Bonchev–Trinajstić information content (AvgIpc) is 2.79. The van der Waals surface area contributed by atoms with Gasteiger partial charge in [-0.15, -0.1) is 10.2 Å². The van der Waals surface area contributed by atoms with Gasteiger partial charge in [0.05, 0.1) is 5.69 Å². The first-order valence-corrected chi connectivity index (χ1v) is 6.90. The number of hydrogen-bond donors (Lipinski definition) is 0. The first-order chi connectivity index (χ1) is 8.81. The molecule has 0 atom stereocenters. The Hall–Kier alpha value is -1.35. The standard InChI is InChI=1S/C14H16ClN3/c1-2-13-16-17-14(15)18(13)12-9-5-7-10-6-3-4-8-11(10)12/h5,7,9H,2-4,6,8H2,1H3. The van der Waals surface area contributed by atoms with Crippen LogP contribution in [-0.2, 0) is 19.3 Å². The van der Waals surface area contributed by atoms with Gasteiger partial charge in [0.15, 0.2) is 0 Å². The smallest absolute Gasteiger partial charge is 0.229 e. The Morgan fingerprint density at radius 2 is 2.06 bits per heavy atom. The zero-order valence-corrected chi connectivity index (χ0v) is 11.2. The Bertz CT molecular complexity index is 574. The fourth-order valence-corrected chi connectivity index (χ4v) is 2.96. The first-order valence-electron chi connectivity index (χ1n) is 6.52. The van der Waals surface area contributed by atoms with Crippen LogP contribution in [0.15, 0.2) is 18.2 Å². The van der Waals surface area contributed by atoms with Gasteiger partial charge >= 0.3 is 0 Å². The van der Waals surface area contributed by atoms with Crippen LogP contribution in [0.25, 0.3) is 5.69 Å². The number of aryl methyl sites for hydroxylation is 2. The lowest BCUT2D eigenvalue weighted by Gasteiger charge is -2.20. The Morgan fingerprint density at radius 1 is 1.22 bits per heavy atom. The van der Waals surface area contributed by atoms with Gasteiger partial charge in [0.2, 0.25) is 5.28 Å². The van der Waals surface area contributed by atoms with Crippen LogP contribution in [-0.4, -0.2) is 14.8 Å². The molecule has 2 aromatic rings. The number of nitrogens with zero attached hydrogens (tertiary/aromatic N) is 3. The van der Waals surface area contributed by atoms with Crippen molar-refractivity contribution < 1.29 is 0 Å². The maximum absolute atomic E-state index is 6.19. The number of benzene rings is 1. The van der Waals surface area contributed by atoms with Gasteiger partial charge in [-0.25, -0.2) is 0 Å². The van der Waals surface area contributed by atoms with Crippen molar-refractivity contribution in [1.82, 2.24) is 14.8 Å². The molecule has 3 rings (SSSR count). The molecule has 4 heteroatoms. The normalized spacial score (nSPS) is 14.6. The predicted octanol–water partition coefficient (Wildman–Crippen LogP) is 3.36. The molecule has 0 fully saturated rings. The SMILES string of the molecule is CCc1nnc(Cl)n1-c1cccc2c1CCCC2. The van der Waals surface area contributed by atoms with Gasteiger partial charge in [0, 0.05) is 6.42 Å². The van der Waals surface area contributed by atoms with Crippen LogP contribution in [0.1, 0.15) is 36.7 Å². The van der Waals surface area contributed by atoms with Gasteiger partial charge in [-0.2, -0.15) is 0 Å². The monoisotopic (exact) mass is 261 g/mol. The lowest BCUT2D eigenvalue weighted by Crippen LogP contribution is -2.10. The zero-order chi connectivity index (χ0) is 12.5. The summed E-state index contributed by atoms with van der Waals surface area (Å²) in [5, 5.41) is 8.60. The molecule has 0 saturated heterocycles. The van der Waals surface area contributed by atoms with E-state index >= 15 is 0 Å². The largest absolute Gasteiger partial charge is 0.269 e. The summed E-state index contributed by atoms with van der Waals surface area (Å²) < 4.78 is 1.99. The lowest BCUT2D eigenvalue weighted by molar-refractivity contribution is 0.679. The molecule has 1 heterocycles. The molecule has 1 aliphatic carbocycles. The maximum atomic E-state index is 6.19. The quantitative estimate of drug-likeness (QED) is 0.830. The van der Waals surface area contributed by atoms with Gasteiger partial charge in [0.25, 0.3) is 0 Å². The fraction of sp³-hybridized carbons (Fsp3) is 0.429. The van der Waals surface area contributed by atoms with Crippen molar-refractivity contribution in [2.75, 3.05) is 0 Å². The molecule has 1 aliphatic rings. The molecule has 0 N–H and O–H groups in total. The summed E-state index contributed by atoms with van der Waals surface area (Å²) in [6, 6.07) is 6.45. The molecule has 18 heavy (non-hydrogen) atoms. The predicted molar refractivity (Wildman–Crippen MR) is 72.4 cm³/mol. The van der Waals surface area contributed by atoms with Gasteiger partial charge < -0.3 is 0 Å². The van der Waals surface area contributed by atoms with E-state index in [0.29, 0.717) is 5.28 Å². The van der Waals surface area contributed by atoms with E-state index in [-0.39, 0.29) is 0 Å². The van der Waals surface area contributed by atoms with Crippen LogP contribution in [0.4, 0.5) is 0 Å². The fourth-order valence-electron chi connectivity index (χ4n) is 2.73. The van der Waals surface area contributed by atoms with Crippen LogP contribution in [0.3, 0.4) is 0 Å². The third-order valence-electron chi connectivity index (χ3n) is 3.62. The van der Waals surface area contributed by atoms with Crippen LogP contribution in [0.2, 0.25) is 5.28 Å². The molecular weight excluding hydrogens is 246 g/mol.